The number of rotatable bonds is 8. The van der Waals surface area contributed by atoms with E-state index in [1.54, 1.807) is 25.1 Å². The van der Waals surface area contributed by atoms with Crippen molar-refractivity contribution in [3.63, 3.8) is 0 Å². The van der Waals surface area contributed by atoms with Gasteiger partial charge in [-0.25, -0.2) is 13.4 Å². The number of amides is 1. The molecule has 1 aliphatic carbocycles. The Morgan fingerprint density at radius 3 is 2.34 bits per heavy atom. The van der Waals surface area contributed by atoms with Crippen molar-refractivity contribution >= 4 is 39.1 Å². The lowest BCUT2D eigenvalue weighted by molar-refractivity contribution is 0.102. The van der Waals surface area contributed by atoms with Gasteiger partial charge in [0.05, 0.1) is 23.5 Å². The lowest BCUT2D eigenvalue weighted by Gasteiger charge is -2.35. The largest absolute Gasteiger partial charge is 0.395 e. The van der Waals surface area contributed by atoms with Crippen LogP contribution in [0.2, 0.25) is 0 Å². The second-order valence-corrected chi connectivity index (χ2v) is 13.5. The number of piperidine rings is 2. The SMILES string of the molecule is Cc1cc(NC(=O)c2ccc(NS(=O)(=O)[C@H](C)CO)cc2N2CCC3(CC2)CC3)nc(N2CCC(=C(F)F)CC2)n1. The molecule has 3 fully saturated rings. The van der Waals surface area contributed by atoms with E-state index < -0.39 is 33.9 Å². The fraction of sp³-hybridized carbons (Fsp3) is 0.536. The molecule has 3 N–H and O–H groups in total. The molecule has 1 aromatic heterocycles. The van der Waals surface area contributed by atoms with Crippen LogP contribution in [0.15, 0.2) is 35.9 Å². The van der Waals surface area contributed by atoms with Gasteiger partial charge in [-0.05, 0) is 81.6 Å². The highest BCUT2D eigenvalue weighted by atomic mass is 32.2. The van der Waals surface area contributed by atoms with Crippen LogP contribution in [0.5, 0.6) is 0 Å². The first-order chi connectivity index (χ1) is 19.5. The van der Waals surface area contributed by atoms with Crippen molar-refractivity contribution in [3.8, 4) is 0 Å². The molecule has 2 aromatic rings. The van der Waals surface area contributed by atoms with Crippen LogP contribution in [0.1, 0.15) is 61.5 Å². The Kier molecular flexibility index (Phi) is 8.20. The second-order valence-electron chi connectivity index (χ2n) is 11.4. The number of nitrogens with zero attached hydrogens (tertiary/aromatic N) is 4. The summed E-state index contributed by atoms with van der Waals surface area (Å²) in [6.07, 6.45) is 3.31. The van der Waals surface area contributed by atoms with Crippen molar-refractivity contribution in [2.75, 3.05) is 52.6 Å². The number of sulfonamides is 1. The van der Waals surface area contributed by atoms with Gasteiger partial charge in [-0.3, -0.25) is 9.52 Å². The number of hydrogen-bond donors (Lipinski definition) is 3. The Bertz CT molecular complexity index is 1440. The van der Waals surface area contributed by atoms with Crippen molar-refractivity contribution in [2.24, 2.45) is 5.41 Å². The Hall–Kier alpha value is -3.32. The van der Waals surface area contributed by atoms with Gasteiger partial charge in [0, 0.05) is 37.9 Å². The molecule has 3 aliphatic rings. The maximum absolute atomic E-state index is 13.6. The van der Waals surface area contributed by atoms with Gasteiger partial charge >= 0.3 is 0 Å². The number of nitrogens with one attached hydrogen (secondary N) is 2. The Morgan fingerprint density at radius 1 is 1.05 bits per heavy atom. The number of benzene rings is 1. The summed E-state index contributed by atoms with van der Waals surface area (Å²) in [7, 11) is -3.81. The van der Waals surface area contributed by atoms with Gasteiger partial charge in [0.1, 0.15) is 11.1 Å². The number of halogens is 2. The fourth-order valence-corrected chi connectivity index (χ4v) is 6.27. The first kappa shape index (κ1) is 29.2. The van der Waals surface area contributed by atoms with Crippen molar-refractivity contribution in [2.45, 2.75) is 57.6 Å². The van der Waals surface area contributed by atoms with Crippen LogP contribution in [-0.4, -0.2) is 67.4 Å². The van der Waals surface area contributed by atoms with Crippen LogP contribution in [-0.2, 0) is 10.0 Å². The van der Waals surface area contributed by atoms with E-state index in [2.05, 4.69) is 24.9 Å². The molecule has 3 heterocycles. The van der Waals surface area contributed by atoms with Crippen molar-refractivity contribution in [3.05, 3.63) is 47.2 Å². The average molecular weight is 591 g/mol. The molecule has 1 atom stereocenters. The molecule has 0 unspecified atom stereocenters. The van der Waals surface area contributed by atoms with Crippen molar-refractivity contribution in [1.29, 1.82) is 0 Å². The van der Waals surface area contributed by atoms with Crippen LogP contribution in [0.4, 0.5) is 31.9 Å². The third kappa shape index (κ3) is 6.61. The van der Waals surface area contributed by atoms with Crippen LogP contribution in [0.25, 0.3) is 0 Å². The predicted molar refractivity (Wildman–Crippen MR) is 154 cm³/mol. The van der Waals surface area contributed by atoms with Gasteiger partial charge < -0.3 is 20.2 Å². The quantitative estimate of drug-likeness (QED) is 0.416. The van der Waals surface area contributed by atoms with Crippen LogP contribution < -0.4 is 19.8 Å². The molecular formula is C28H36F2N6O4S. The first-order valence-electron chi connectivity index (χ1n) is 14.0. The van der Waals surface area contributed by atoms with E-state index in [4.69, 9.17) is 0 Å². The van der Waals surface area contributed by atoms with Gasteiger partial charge in [0.15, 0.2) is 0 Å². The third-order valence-corrected chi connectivity index (χ3v) is 10.1. The highest BCUT2D eigenvalue weighted by Gasteiger charge is 2.44. The molecule has 0 bridgehead atoms. The minimum absolute atomic E-state index is 0.150. The third-order valence-electron chi connectivity index (χ3n) is 8.41. The molecule has 5 rings (SSSR count). The standard InChI is InChI=1S/C28H36F2N6O4S/c1-18-15-24(33-27(31-18)36-11-5-20(6-12-36)25(29)30)32-26(38)22-4-3-21(34-41(39,40)19(2)17-37)16-23(22)35-13-9-28(7-8-28)10-14-35/h3-4,15-16,19,34,37H,5-14,17H2,1-2H3,(H,31,32,33,38)/t19-/m1/s1. The number of aryl methyl sites for hydroxylation is 1. The number of hydrogen-bond acceptors (Lipinski definition) is 8. The van der Waals surface area contributed by atoms with E-state index in [1.165, 1.54) is 25.8 Å². The van der Waals surface area contributed by atoms with E-state index in [1.807, 2.05) is 4.90 Å². The lowest BCUT2D eigenvalue weighted by Crippen LogP contribution is -2.36. The number of carbonyl (C=O) groups is 1. The molecule has 2 saturated heterocycles. The predicted octanol–water partition coefficient (Wildman–Crippen LogP) is 4.29. The van der Waals surface area contributed by atoms with Crippen molar-refractivity contribution < 1.29 is 27.1 Å². The highest BCUT2D eigenvalue weighted by Crippen LogP contribution is 2.54. The Morgan fingerprint density at radius 2 is 1.73 bits per heavy atom. The summed E-state index contributed by atoms with van der Waals surface area (Å²) >= 11 is 0. The maximum atomic E-state index is 13.6. The van der Waals surface area contributed by atoms with Gasteiger partial charge in [-0.15, -0.1) is 0 Å². The molecule has 13 heteroatoms. The second kappa shape index (κ2) is 11.5. The van der Waals surface area contributed by atoms with Gasteiger partial charge in [-0.1, -0.05) is 0 Å². The zero-order valence-electron chi connectivity index (χ0n) is 23.3. The van der Waals surface area contributed by atoms with Gasteiger partial charge in [0.25, 0.3) is 12.0 Å². The van der Waals surface area contributed by atoms with Gasteiger partial charge in [-0.2, -0.15) is 13.8 Å². The van der Waals surface area contributed by atoms with E-state index in [-0.39, 0.29) is 18.4 Å². The van der Waals surface area contributed by atoms with Crippen LogP contribution >= 0.6 is 0 Å². The number of carbonyl (C=O) groups excluding carboxylic acids is 1. The average Bonchev–Trinajstić information content (AvgIpc) is 3.70. The monoisotopic (exact) mass is 590 g/mol. The van der Waals surface area contributed by atoms with E-state index in [9.17, 15) is 27.1 Å². The van der Waals surface area contributed by atoms with E-state index in [0.717, 1.165) is 25.9 Å². The van der Waals surface area contributed by atoms with Crippen molar-refractivity contribution in [1.82, 2.24) is 9.97 Å². The number of aliphatic hydroxyl groups is 1. The van der Waals surface area contributed by atoms with Gasteiger partial charge in [0.2, 0.25) is 16.0 Å². The topological polar surface area (TPSA) is 128 Å². The zero-order chi connectivity index (χ0) is 29.4. The lowest BCUT2D eigenvalue weighted by atomic mass is 9.93. The summed E-state index contributed by atoms with van der Waals surface area (Å²) in [5.74, 6) is 0.253. The van der Waals surface area contributed by atoms with Crippen LogP contribution in [0, 0.1) is 12.3 Å². The molecule has 41 heavy (non-hydrogen) atoms. The molecule has 222 valence electrons. The molecular weight excluding hydrogens is 554 g/mol. The summed E-state index contributed by atoms with van der Waals surface area (Å²) in [6.45, 7) is 4.91. The Labute approximate surface area is 238 Å². The zero-order valence-corrected chi connectivity index (χ0v) is 24.1. The minimum atomic E-state index is -3.81. The molecule has 10 nitrogen and oxygen atoms in total. The van der Waals surface area contributed by atoms with Crippen LogP contribution in [0.3, 0.4) is 0 Å². The number of anilines is 4. The Balaban J connectivity index is 1.39. The van der Waals surface area contributed by atoms with E-state index in [0.29, 0.717) is 52.9 Å². The molecule has 0 radical (unpaired) electrons. The summed E-state index contributed by atoms with van der Waals surface area (Å²) in [5.41, 5.74) is 2.48. The normalized spacial score (nSPS) is 19.2. The maximum Gasteiger partial charge on any atom is 0.269 e. The highest BCUT2D eigenvalue weighted by molar-refractivity contribution is 7.93. The summed E-state index contributed by atoms with van der Waals surface area (Å²) in [6, 6.07) is 6.44. The molecule has 1 spiro atoms. The summed E-state index contributed by atoms with van der Waals surface area (Å²) in [4.78, 5) is 26.5. The summed E-state index contributed by atoms with van der Waals surface area (Å²) < 4.78 is 53.7. The molecule has 1 amide bonds. The smallest absolute Gasteiger partial charge is 0.269 e. The molecule has 1 saturated carbocycles. The minimum Gasteiger partial charge on any atom is -0.395 e. The number of aliphatic hydroxyl groups excluding tert-OH is 1. The fourth-order valence-electron chi connectivity index (χ4n) is 5.42. The number of aromatic nitrogens is 2. The summed E-state index contributed by atoms with van der Waals surface area (Å²) in [5, 5.41) is 11.2. The van der Waals surface area contributed by atoms with E-state index >= 15 is 0 Å². The molecule has 1 aromatic carbocycles. The first-order valence-corrected chi connectivity index (χ1v) is 15.5. The molecule has 2 aliphatic heterocycles.